The topological polar surface area (TPSA) is 75.2 Å². The molecule has 5 nitrogen and oxygen atoms in total. The van der Waals surface area contributed by atoms with Gasteiger partial charge in [0.05, 0.1) is 6.61 Å². The summed E-state index contributed by atoms with van der Waals surface area (Å²) in [6.07, 6.45) is 4.96. The summed E-state index contributed by atoms with van der Waals surface area (Å²) in [6, 6.07) is 3.43. The molecule has 0 aromatic carbocycles. The molecule has 0 aliphatic carbocycles. The minimum absolute atomic E-state index is 0.164. The van der Waals surface area contributed by atoms with Crippen LogP contribution in [0.3, 0.4) is 0 Å². The zero-order chi connectivity index (χ0) is 18.1. The third kappa shape index (κ3) is 4.85. The molecule has 0 saturated carbocycles. The second-order valence-electron chi connectivity index (χ2n) is 6.15. The van der Waals surface area contributed by atoms with E-state index in [4.69, 9.17) is 4.74 Å². The molecule has 0 bridgehead atoms. The Kier molecular flexibility index (Phi) is 8.56. The lowest BCUT2D eigenvalue weighted by molar-refractivity contribution is -0.0271. The summed E-state index contributed by atoms with van der Waals surface area (Å²) in [5.74, 6) is 0.164. The fourth-order valence-electron chi connectivity index (χ4n) is 2.86. The molecule has 2 unspecified atom stereocenters. The van der Waals surface area contributed by atoms with Gasteiger partial charge in [0, 0.05) is 6.07 Å². The molecule has 5 heteroatoms. The van der Waals surface area contributed by atoms with E-state index in [1.165, 1.54) is 10.6 Å². The van der Waals surface area contributed by atoms with Crippen LogP contribution in [0.2, 0.25) is 0 Å². The summed E-state index contributed by atoms with van der Waals surface area (Å²) in [6.45, 7) is 8.62. The molecular formula is C19H30N2O3. The van der Waals surface area contributed by atoms with Gasteiger partial charge in [-0.2, -0.15) is 5.26 Å². The molecule has 2 atom stereocenters. The highest BCUT2D eigenvalue weighted by atomic mass is 16.5. The largest absolute Gasteiger partial charge is 0.493 e. The maximum absolute atomic E-state index is 12.4. The Labute approximate surface area is 144 Å². The van der Waals surface area contributed by atoms with Crippen LogP contribution in [0.4, 0.5) is 0 Å². The van der Waals surface area contributed by atoms with Gasteiger partial charge >= 0.3 is 0 Å². The summed E-state index contributed by atoms with van der Waals surface area (Å²) in [5, 5.41) is 19.7. The number of hydrogen-bond donors (Lipinski definition) is 1. The molecule has 1 heterocycles. The highest BCUT2D eigenvalue weighted by Gasteiger charge is 2.21. The SMILES string of the molecule is CCCCC(CC)COC(CC)n1c(O)c(C#N)c(CC)cc1=O. The number of aromatic nitrogens is 1. The zero-order valence-corrected chi connectivity index (χ0v) is 15.3. The molecule has 0 radical (unpaired) electrons. The first kappa shape index (κ1) is 20.2. The van der Waals surface area contributed by atoms with Gasteiger partial charge in [0.1, 0.15) is 17.9 Å². The molecular weight excluding hydrogens is 304 g/mol. The first-order valence-corrected chi connectivity index (χ1v) is 9.02. The molecule has 1 aromatic rings. The Morgan fingerprint density at radius 3 is 2.50 bits per heavy atom. The van der Waals surface area contributed by atoms with E-state index in [0.29, 0.717) is 30.9 Å². The molecule has 0 aliphatic rings. The van der Waals surface area contributed by atoms with Crippen LogP contribution in [0.25, 0.3) is 0 Å². The van der Waals surface area contributed by atoms with E-state index in [-0.39, 0.29) is 17.0 Å². The predicted molar refractivity (Wildman–Crippen MR) is 95.0 cm³/mol. The summed E-state index contributed by atoms with van der Waals surface area (Å²) >= 11 is 0. The first-order chi connectivity index (χ1) is 11.5. The predicted octanol–water partition coefficient (Wildman–Crippen LogP) is 4.13. The van der Waals surface area contributed by atoms with E-state index >= 15 is 0 Å². The third-order valence-electron chi connectivity index (χ3n) is 4.51. The van der Waals surface area contributed by atoms with E-state index in [2.05, 4.69) is 13.8 Å². The number of unbranched alkanes of at least 4 members (excludes halogenated alkanes) is 1. The highest BCUT2D eigenvalue weighted by Crippen LogP contribution is 2.25. The van der Waals surface area contributed by atoms with E-state index in [1.807, 2.05) is 19.9 Å². The third-order valence-corrected chi connectivity index (χ3v) is 4.51. The Bertz CT molecular complexity index is 616. The van der Waals surface area contributed by atoms with Gasteiger partial charge in [0.2, 0.25) is 5.88 Å². The molecule has 134 valence electrons. The van der Waals surface area contributed by atoms with Crippen LogP contribution in [-0.2, 0) is 11.2 Å². The molecule has 0 saturated heterocycles. The molecule has 0 spiro atoms. The number of ether oxygens (including phenoxy) is 1. The van der Waals surface area contributed by atoms with Crippen molar-refractivity contribution in [1.29, 1.82) is 5.26 Å². The van der Waals surface area contributed by atoms with E-state index in [9.17, 15) is 15.2 Å². The summed E-state index contributed by atoms with van der Waals surface area (Å²) < 4.78 is 7.17. The van der Waals surface area contributed by atoms with Gasteiger partial charge in [-0.3, -0.25) is 9.36 Å². The Hall–Kier alpha value is -1.80. The van der Waals surface area contributed by atoms with Crippen molar-refractivity contribution in [2.75, 3.05) is 6.61 Å². The van der Waals surface area contributed by atoms with E-state index in [1.54, 1.807) is 0 Å². The quantitative estimate of drug-likeness (QED) is 0.698. The van der Waals surface area contributed by atoms with Crippen molar-refractivity contribution in [2.45, 2.75) is 72.4 Å². The molecule has 1 aromatic heterocycles. The molecule has 0 fully saturated rings. The minimum Gasteiger partial charge on any atom is -0.493 e. The maximum atomic E-state index is 12.4. The van der Waals surface area contributed by atoms with Gasteiger partial charge < -0.3 is 9.84 Å². The van der Waals surface area contributed by atoms with Gasteiger partial charge in [-0.15, -0.1) is 0 Å². The fraction of sp³-hybridized carbons (Fsp3) is 0.684. The van der Waals surface area contributed by atoms with Crippen LogP contribution in [-0.4, -0.2) is 16.3 Å². The molecule has 0 aliphatic heterocycles. The lowest BCUT2D eigenvalue weighted by atomic mass is 10.0. The maximum Gasteiger partial charge on any atom is 0.255 e. The van der Waals surface area contributed by atoms with Crippen LogP contribution in [0.15, 0.2) is 10.9 Å². The van der Waals surface area contributed by atoms with Crippen molar-refractivity contribution >= 4 is 0 Å². The molecule has 24 heavy (non-hydrogen) atoms. The number of nitrogens with zero attached hydrogens (tertiary/aromatic N) is 2. The molecule has 1 rings (SSSR count). The molecule has 0 amide bonds. The van der Waals surface area contributed by atoms with Crippen LogP contribution in [0, 0.1) is 17.2 Å². The fourth-order valence-corrected chi connectivity index (χ4v) is 2.86. The second-order valence-corrected chi connectivity index (χ2v) is 6.15. The van der Waals surface area contributed by atoms with Gasteiger partial charge in [0.15, 0.2) is 0 Å². The Morgan fingerprint density at radius 2 is 2.00 bits per heavy atom. The number of pyridine rings is 1. The van der Waals surface area contributed by atoms with Crippen molar-refractivity contribution in [3.05, 3.63) is 27.5 Å². The van der Waals surface area contributed by atoms with Gasteiger partial charge in [-0.05, 0) is 30.7 Å². The van der Waals surface area contributed by atoms with Crippen LogP contribution in [0.1, 0.15) is 77.2 Å². The summed E-state index contributed by atoms with van der Waals surface area (Å²) in [5.41, 5.74) is 0.412. The summed E-state index contributed by atoms with van der Waals surface area (Å²) in [4.78, 5) is 12.4. The average Bonchev–Trinajstić information content (AvgIpc) is 2.59. The average molecular weight is 334 g/mol. The Morgan fingerprint density at radius 1 is 1.29 bits per heavy atom. The number of aromatic hydroxyl groups is 1. The van der Waals surface area contributed by atoms with Gasteiger partial charge in [-0.25, -0.2) is 0 Å². The second kappa shape index (κ2) is 10.1. The molecule has 1 N–H and O–H groups in total. The van der Waals surface area contributed by atoms with Crippen LogP contribution in [0.5, 0.6) is 5.88 Å². The van der Waals surface area contributed by atoms with Crippen LogP contribution < -0.4 is 5.56 Å². The first-order valence-electron chi connectivity index (χ1n) is 9.02. The lowest BCUT2D eigenvalue weighted by Crippen LogP contribution is -2.28. The normalized spacial score (nSPS) is 13.5. The standard InChI is InChI=1S/C19H30N2O3/c1-5-9-10-14(6-2)13-24-18(8-4)21-17(22)11-15(7-3)16(12-20)19(21)23/h11,14,18,23H,5-10,13H2,1-4H3. The number of aryl methyl sites for hydroxylation is 1. The Balaban J connectivity index is 3.04. The van der Waals surface area contributed by atoms with E-state index < -0.39 is 6.23 Å². The van der Waals surface area contributed by atoms with Crippen LogP contribution >= 0.6 is 0 Å². The van der Waals surface area contributed by atoms with Crippen molar-refractivity contribution in [2.24, 2.45) is 5.92 Å². The minimum atomic E-state index is -0.550. The van der Waals surface area contributed by atoms with Gasteiger partial charge in [-0.1, -0.05) is 47.0 Å². The van der Waals surface area contributed by atoms with Crippen molar-refractivity contribution < 1.29 is 9.84 Å². The van der Waals surface area contributed by atoms with Crippen molar-refractivity contribution in [1.82, 2.24) is 4.57 Å². The van der Waals surface area contributed by atoms with Crippen molar-refractivity contribution in [3.8, 4) is 11.9 Å². The number of rotatable bonds is 10. The summed E-state index contributed by atoms with van der Waals surface area (Å²) in [7, 11) is 0. The monoisotopic (exact) mass is 334 g/mol. The van der Waals surface area contributed by atoms with Gasteiger partial charge in [0.25, 0.3) is 5.56 Å². The van der Waals surface area contributed by atoms with E-state index in [0.717, 1.165) is 25.7 Å². The highest BCUT2D eigenvalue weighted by molar-refractivity contribution is 5.44. The zero-order valence-electron chi connectivity index (χ0n) is 15.3. The number of hydrogen-bond acceptors (Lipinski definition) is 4. The smallest absolute Gasteiger partial charge is 0.255 e. The number of nitriles is 1. The van der Waals surface area contributed by atoms with Crippen molar-refractivity contribution in [3.63, 3.8) is 0 Å². The lowest BCUT2D eigenvalue weighted by Gasteiger charge is -2.24.